The SMILES string of the molecule is CN(C)S(=O)(=O)c1cccc(NC(=O)C[n+]2csc3ccccc32)c1. The number of aromatic nitrogens is 1. The smallest absolute Gasteiger partial charge is 0.290 e. The van der Waals surface area contributed by atoms with Crippen LogP contribution in [0.2, 0.25) is 0 Å². The van der Waals surface area contributed by atoms with Crippen molar-refractivity contribution in [3.05, 3.63) is 54.0 Å². The summed E-state index contributed by atoms with van der Waals surface area (Å²) in [6, 6.07) is 14.1. The monoisotopic (exact) mass is 376 g/mol. The summed E-state index contributed by atoms with van der Waals surface area (Å²) in [6.07, 6.45) is 0. The number of rotatable bonds is 5. The first-order valence-corrected chi connectivity index (χ1v) is 9.88. The molecular formula is C17H18N3O3S2+. The van der Waals surface area contributed by atoms with Crippen LogP contribution in [-0.4, -0.2) is 32.7 Å². The first kappa shape index (κ1) is 17.5. The van der Waals surface area contributed by atoms with Gasteiger partial charge in [-0.25, -0.2) is 12.7 Å². The third-order valence-corrected chi connectivity index (χ3v) is 6.46. The summed E-state index contributed by atoms with van der Waals surface area (Å²) in [5.74, 6) is -0.215. The summed E-state index contributed by atoms with van der Waals surface area (Å²) in [5.41, 5.74) is 3.34. The fourth-order valence-electron chi connectivity index (χ4n) is 2.39. The summed E-state index contributed by atoms with van der Waals surface area (Å²) in [5, 5.41) is 2.76. The molecule has 0 bridgehead atoms. The molecule has 0 saturated carbocycles. The highest BCUT2D eigenvalue weighted by Gasteiger charge is 2.19. The average molecular weight is 376 g/mol. The summed E-state index contributed by atoms with van der Waals surface area (Å²) < 4.78 is 28.5. The Bertz CT molecular complexity index is 1030. The number of hydrogen-bond acceptors (Lipinski definition) is 4. The van der Waals surface area contributed by atoms with E-state index in [1.165, 1.54) is 26.2 Å². The minimum absolute atomic E-state index is 0.143. The van der Waals surface area contributed by atoms with Crippen LogP contribution in [0.25, 0.3) is 10.2 Å². The molecule has 6 nitrogen and oxygen atoms in total. The van der Waals surface area contributed by atoms with E-state index < -0.39 is 10.0 Å². The highest BCUT2D eigenvalue weighted by molar-refractivity contribution is 7.89. The molecule has 0 radical (unpaired) electrons. The number of benzene rings is 2. The van der Waals surface area contributed by atoms with Crippen LogP contribution in [0, 0.1) is 0 Å². The lowest BCUT2D eigenvalue weighted by Gasteiger charge is -2.12. The molecule has 0 atom stereocenters. The number of sulfonamides is 1. The molecule has 8 heteroatoms. The minimum atomic E-state index is -3.54. The molecular weight excluding hydrogens is 358 g/mol. The van der Waals surface area contributed by atoms with Crippen molar-refractivity contribution in [2.24, 2.45) is 0 Å². The zero-order valence-corrected chi connectivity index (χ0v) is 15.5. The topological polar surface area (TPSA) is 70.4 Å². The van der Waals surface area contributed by atoms with E-state index in [4.69, 9.17) is 0 Å². The van der Waals surface area contributed by atoms with Gasteiger partial charge in [0.05, 0.1) is 4.90 Å². The standard InChI is InChI=1S/C17H17N3O3S2/c1-19(2)25(22,23)14-7-5-6-13(10-14)18-17(21)11-20-12-24-16-9-4-3-8-15(16)20/h3-10,12H,11H2,1-2H3/p+1. The van der Waals surface area contributed by atoms with Gasteiger partial charge in [-0.1, -0.05) is 29.5 Å². The lowest BCUT2D eigenvalue weighted by Crippen LogP contribution is -2.38. The molecule has 25 heavy (non-hydrogen) atoms. The first-order chi connectivity index (χ1) is 11.9. The van der Waals surface area contributed by atoms with E-state index in [9.17, 15) is 13.2 Å². The molecule has 0 saturated heterocycles. The molecule has 3 aromatic rings. The van der Waals surface area contributed by atoms with E-state index in [1.807, 2.05) is 34.3 Å². The number of nitrogens with zero attached hydrogens (tertiary/aromatic N) is 2. The molecule has 2 aromatic carbocycles. The van der Waals surface area contributed by atoms with Gasteiger partial charge in [-0.3, -0.25) is 4.79 Å². The van der Waals surface area contributed by atoms with Crippen molar-refractivity contribution in [3.8, 4) is 0 Å². The Labute approximate surface area is 150 Å². The summed E-state index contributed by atoms with van der Waals surface area (Å²) in [7, 11) is -0.593. The van der Waals surface area contributed by atoms with Gasteiger partial charge in [-0.2, -0.15) is 4.57 Å². The molecule has 1 heterocycles. The van der Waals surface area contributed by atoms with E-state index in [0.29, 0.717) is 5.69 Å². The number of nitrogens with one attached hydrogen (secondary N) is 1. The fourth-order valence-corrected chi connectivity index (χ4v) is 4.23. The Kier molecular flexibility index (Phi) is 4.85. The van der Waals surface area contributed by atoms with Crippen LogP contribution in [0.1, 0.15) is 0 Å². The Morgan fingerprint density at radius 3 is 2.68 bits per heavy atom. The average Bonchev–Trinajstić information content (AvgIpc) is 2.98. The maximum Gasteiger partial charge on any atom is 0.290 e. The largest absolute Gasteiger partial charge is 0.321 e. The first-order valence-electron chi connectivity index (χ1n) is 7.56. The number of fused-ring (bicyclic) bond motifs is 1. The van der Waals surface area contributed by atoms with Gasteiger partial charge in [0.15, 0.2) is 0 Å². The van der Waals surface area contributed by atoms with Gasteiger partial charge in [-0.05, 0) is 24.3 Å². The fraction of sp³-hybridized carbons (Fsp3) is 0.176. The molecule has 0 fully saturated rings. The number of carbonyl (C=O) groups excluding carboxylic acids is 1. The van der Waals surface area contributed by atoms with Gasteiger partial charge in [0.1, 0.15) is 4.70 Å². The third kappa shape index (κ3) is 3.71. The number of anilines is 1. The number of amides is 1. The molecule has 0 spiro atoms. The van der Waals surface area contributed by atoms with E-state index in [-0.39, 0.29) is 17.3 Å². The minimum Gasteiger partial charge on any atom is -0.321 e. The zero-order valence-electron chi connectivity index (χ0n) is 13.8. The van der Waals surface area contributed by atoms with Crippen LogP contribution in [-0.2, 0) is 21.4 Å². The summed E-state index contributed by atoms with van der Waals surface area (Å²) in [6.45, 7) is 0.161. The molecule has 0 aliphatic rings. The van der Waals surface area contributed by atoms with Gasteiger partial charge >= 0.3 is 0 Å². The molecule has 1 amide bonds. The lowest BCUT2D eigenvalue weighted by molar-refractivity contribution is -0.653. The van der Waals surface area contributed by atoms with Crippen molar-refractivity contribution >= 4 is 43.2 Å². The van der Waals surface area contributed by atoms with Crippen molar-refractivity contribution < 1.29 is 17.8 Å². The Morgan fingerprint density at radius 2 is 1.92 bits per heavy atom. The molecule has 130 valence electrons. The quantitative estimate of drug-likeness (QED) is 0.693. The molecule has 0 aliphatic heterocycles. The lowest BCUT2D eigenvalue weighted by atomic mass is 10.3. The van der Waals surface area contributed by atoms with Crippen LogP contribution >= 0.6 is 11.3 Å². The van der Waals surface area contributed by atoms with Crippen LogP contribution in [0.5, 0.6) is 0 Å². The van der Waals surface area contributed by atoms with Crippen molar-refractivity contribution in [2.45, 2.75) is 11.4 Å². The maximum atomic E-state index is 12.3. The van der Waals surface area contributed by atoms with E-state index in [0.717, 1.165) is 14.5 Å². The normalized spacial score (nSPS) is 11.8. The molecule has 1 N–H and O–H groups in total. The van der Waals surface area contributed by atoms with E-state index in [2.05, 4.69) is 5.32 Å². The van der Waals surface area contributed by atoms with Crippen molar-refractivity contribution in [3.63, 3.8) is 0 Å². The van der Waals surface area contributed by atoms with E-state index >= 15 is 0 Å². The van der Waals surface area contributed by atoms with Crippen molar-refractivity contribution in [1.29, 1.82) is 0 Å². The molecule has 3 rings (SSSR count). The Hall–Kier alpha value is -2.29. The number of thiazole rings is 1. The molecule has 0 unspecified atom stereocenters. The summed E-state index contributed by atoms with van der Waals surface area (Å²) in [4.78, 5) is 12.5. The van der Waals surface area contributed by atoms with Gasteiger partial charge in [0.2, 0.25) is 27.6 Å². The van der Waals surface area contributed by atoms with Gasteiger partial charge in [0, 0.05) is 25.8 Å². The highest BCUT2D eigenvalue weighted by atomic mass is 32.2. The Balaban J connectivity index is 1.78. The zero-order chi connectivity index (χ0) is 18.0. The maximum absolute atomic E-state index is 12.3. The second-order valence-electron chi connectivity index (χ2n) is 5.68. The van der Waals surface area contributed by atoms with Crippen LogP contribution in [0.4, 0.5) is 5.69 Å². The van der Waals surface area contributed by atoms with Gasteiger partial charge in [0.25, 0.3) is 5.91 Å². The van der Waals surface area contributed by atoms with Crippen LogP contribution in [0.15, 0.2) is 58.9 Å². The van der Waals surface area contributed by atoms with Gasteiger partial charge < -0.3 is 5.32 Å². The second kappa shape index (κ2) is 6.91. The summed E-state index contributed by atoms with van der Waals surface area (Å²) >= 11 is 1.57. The molecule has 0 aliphatic carbocycles. The van der Waals surface area contributed by atoms with Crippen molar-refractivity contribution in [1.82, 2.24) is 4.31 Å². The van der Waals surface area contributed by atoms with Crippen LogP contribution in [0.3, 0.4) is 0 Å². The number of para-hydroxylation sites is 1. The van der Waals surface area contributed by atoms with E-state index in [1.54, 1.807) is 23.5 Å². The van der Waals surface area contributed by atoms with Crippen molar-refractivity contribution in [2.75, 3.05) is 19.4 Å². The number of carbonyl (C=O) groups is 1. The second-order valence-corrected chi connectivity index (χ2v) is 8.72. The third-order valence-electron chi connectivity index (χ3n) is 3.69. The van der Waals surface area contributed by atoms with Crippen LogP contribution < -0.4 is 9.88 Å². The predicted molar refractivity (Wildman–Crippen MR) is 98.0 cm³/mol. The molecule has 1 aromatic heterocycles. The predicted octanol–water partition coefficient (Wildman–Crippen LogP) is 2.08. The Morgan fingerprint density at radius 1 is 1.16 bits per heavy atom. The number of hydrogen-bond donors (Lipinski definition) is 1. The highest BCUT2D eigenvalue weighted by Crippen LogP contribution is 2.18. The van der Waals surface area contributed by atoms with Gasteiger partial charge in [-0.15, -0.1) is 0 Å².